The Hall–Kier alpha value is -0.570. The zero-order valence-corrected chi connectivity index (χ0v) is 58.4. The van der Waals surface area contributed by atoms with E-state index < -0.39 is 6.10 Å². The van der Waals surface area contributed by atoms with Crippen molar-refractivity contribution in [2.75, 3.05) is 7.11 Å². The normalized spacial score (nSPS) is 17.3. The highest BCUT2D eigenvalue weighted by atomic mass is 16.5. The molecule has 0 aliphatic heterocycles. The van der Waals surface area contributed by atoms with Crippen LogP contribution in [0.4, 0.5) is 0 Å². The molecular weight excluding hydrogens is 1020 g/mol. The molecule has 2 aliphatic carbocycles. The van der Waals surface area contributed by atoms with E-state index in [-0.39, 0.29) is 11.9 Å². The summed E-state index contributed by atoms with van der Waals surface area (Å²) in [4.78, 5) is 12.5. The number of carbonyl (C=O) groups excluding carboxylic acids is 1. The number of aliphatic hydroxyl groups is 1. The van der Waals surface area contributed by atoms with Gasteiger partial charge in [0.15, 0.2) is 0 Å². The summed E-state index contributed by atoms with van der Waals surface area (Å²) in [5.74, 6) is 3.88. The highest BCUT2D eigenvalue weighted by Crippen LogP contribution is 2.47. The summed E-state index contributed by atoms with van der Waals surface area (Å²) in [6.45, 7) is 4.62. The van der Waals surface area contributed by atoms with E-state index in [1.54, 1.807) is 25.7 Å². The van der Waals surface area contributed by atoms with Crippen LogP contribution in [-0.4, -0.2) is 24.3 Å². The van der Waals surface area contributed by atoms with Gasteiger partial charge in [-0.15, -0.1) is 0 Å². The van der Waals surface area contributed by atoms with E-state index in [4.69, 9.17) is 4.74 Å². The zero-order chi connectivity index (χ0) is 60.0. The van der Waals surface area contributed by atoms with E-state index in [1.807, 2.05) is 0 Å². The Bertz CT molecular complexity index is 1280. The average Bonchev–Trinajstić information content (AvgIpc) is 4.64. The van der Waals surface area contributed by atoms with Crippen molar-refractivity contribution in [3.63, 3.8) is 0 Å². The quantitative estimate of drug-likeness (QED) is 0.0488. The van der Waals surface area contributed by atoms with E-state index in [0.717, 1.165) is 49.4 Å². The Morgan fingerprint density at radius 3 is 0.631 bits per heavy atom. The maximum atomic E-state index is 12.5. The molecule has 0 radical (unpaired) electrons. The van der Waals surface area contributed by atoms with Crippen LogP contribution >= 0.6 is 0 Å². The molecule has 2 fully saturated rings. The third-order valence-corrected chi connectivity index (χ3v) is 21.4. The van der Waals surface area contributed by atoms with Gasteiger partial charge in [0.2, 0.25) is 0 Å². The van der Waals surface area contributed by atoms with Crippen LogP contribution in [0.25, 0.3) is 0 Å². The Morgan fingerprint density at radius 1 is 0.274 bits per heavy atom. The standard InChI is InChI=1S/C81H158O3/c1-4-6-8-10-12-14-16-18-20-22-23-24-25-27-35-41-47-53-59-65-71-79(81(83)84-3)80(82)72-66-60-54-48-42-36-29-28-32-38-44-50-56-62-68-76-74-78(76)70-64-58-52-46-40-34-30-33-39-45-51-57-63-69-77-73-75(77)67-61-55-49-43-37-31-26-21-19-17-15-13-11-9-7-5-2/h75-80,82H,4-74H2,1-3H3/t75-,76-,77-,78-,79-,80+/m0/s1. The number of hydrogen-bond acceptors (Lipinski definition) is 3. The fraction of sp³-hybridized carbons (Fsp3) is 0.988. The van der Waals surface area contributed by atoms with E-state index in [0.29, 0.717) is 0 Å². The molecule has 3 nitrogen and oxygen atoms in total. The summed E-state index contributed by atoms with van der Waals surface area (Å²) in [5.41, 5.74) is 0. The lowest BCUT2D eigenvalue weighted by Gasteiger charge is -2.20. The maximum absolute atomic E-state index is 12.5. The van der Waals surface area contributed by atoms with Crippen molar-refractivity contribution < 1.29 is 14.6 Å². The topological polar surface area (TPSA) is 46.5 Å². The molecule has 500 valence electrons. The van der Waals surface area contributed by atoms with E-state index in [9.17, 15) is 9.90 Å². The molecule has 6 atom stereocenters. The summed E-state index contributed by atoms with van der Waals surface area (Å²) in [7, 11) is 1.48. The second-order valence-electron chi connectivity index (χ2n) is 29.5. The molecule has 84 heavy (non-hydrogen) atoms. The van der Waals surface area contributed by atoms with Crippen LogP contribution in [0.1, 0.15) is 470 Å². The molecule has 0 amide bonds. The van der Waals surface area contributed by atoms with Crippen LogP contribution in [-0.2, 0) is 9.53 Å². The van der Waals surface area contributed by atoms with Crippen LogP contribution in [0.15, 0.2) is 0 Å². The molecular formula is C81H158O3. The molecule has 2 rings (SSSR count). The van der Waals surface area contributed by atoms with Crippen LogP contribution in [0.2, 0.25) is 0 Å². The van der Waals surface area contributed by atoms with Crippen LogP contribution < -0.4 is 0 Å². The molecule has 0 aromatic carbocycles. The van der Waals surface area contributed by atoms with Gasteiger partial charge in [-0.3, -0.25) is 4.79 Å². The molecule has 0 aromatic heterocycles. The number of rotatable bonds is 73. The van der Waals surface area contributed by atoms with Gasteiger partial charge in [0, 0.05) is 0 Å². The van der Waals surface area contributed by atoms with Crippen molar-refractivity contribution in [3.8, 4) is 0 Å². The molecule has 3 heteroatoms. The maximum Gasteiger partial charge on any atom is 0.311 e. The molecule has 0 aromatic rings. The molecule has 0 spiro atoms. The van der Waals surface area contributed by atoms with Crippen LogP contribution in [0.5, 0.6) is 0 Å². The van der Waals surface area contributed by atoms with Crippen molar-refractivity contribution in [1.29, 1.82) is 0 Å². The fourth-order valence-corrected chi connectivity index (χ4v) is 15.1. The number of aliphatic hydroxyl groups excluding tert-OH is 1. The van der Waals surface area contributed by atoms with Gasteiger partial charge in [-0.1, -0.05) is 444 Å². The smallest absolute Gasteiger partial charge is 0.311 e. The lowest BCUT2D eigenvalue weighted by molar-refractivity contribution is -0.150. The molecule has 0 bridgehead atoms. The van der Waals surface area contributed by atoms with Crippen LogP contribution in [0, 0.1) is 29.6 Å². The first-order chi connectivity index (χ1) is 41.6. The third-order valence-electron chi connectivity index (χ3n) is 21.4. The molecule has 0 heterocycles. The largest absolute Gasteiger partial charge is 0.469 e. The van der Waals surface area contributed by atoms with Gasteiger partial charge in [-0.25, -0.2) is 0 Å². The predicted molar refractivity (Wildman–Crippen MR) is 375 cm³/mol. The molecule has 2 aliphatic rings. The number of methoxy groups -OCH3 is 1. The second kappa shape index (κ2) is 64.0. The van der Waals surface area contributed by atoms with Crippen molar-refractivity contribution in [2.45, 2.75) is 476 Å². The number of carbonyl (C=O) groups is 1. The summed E-state index contributed by atoms with van der Waals surface area (Å²) in [5, 5.41) is 10.9. The summed E-state index contributed by atoms with van der Waals surface area (Å²) < 4.78 is 5.12. The number of esters is 1. The van der Waals surface area contributed by atoms with Crippen molar-refractivity contribution >= 4 is 5.97 Å². The molecule has 1 N–H and O–H groups in total. The van der Waals surface area contributed by atoms with E-state index >= 15 is 0 Å². The van der Waals surface area contributed by atoms with Gasteiger partial charge in [-0.2, -0.15) is 0 Å². The van der Waals surface area contributed by atoms with Crippen molar-refractivity contribution in [2.24, 2.45) is 29.6 Å². The van der Waals surface area contributed by atoms with Gasteiger partial charge in [0.1, 0.15) is 0 Å². The second-order valence-corrected chi connectivity index (χ2v) is 29.5. The third kappa shape index (κ3) is 54.4. The average molecular weight is 1180 g/mol. The molecule has 2 saturated carbocycles. The van der Waals surface area contributed by atoms with Gasteiger partial charge in [0.25, 0.3) is 0 Å². The monoisotopic (exact) mass is 1180 g/mol. The number of hydrogen-bond donors (Lipinski definition) is 1. The summed E-state index contributed by atoms with van der Waals surface area (Å²) in [6.07, 6.45) is 100. The Balaban J connectivity index is 1.20. The minimum Gasteiger partial charge on any atom is -0.469 e. The number of ether oxygens (including phenoxy) is 1. The van der Waals surface area contributed by atoms with E-state index in [1.165, 1.54) is 412 Å². The highest BCUT2D eigenvalue weighted by molar-refractivity contribution is 5.72. The Labute approximate surface area is 530 Å². The SMILES string of the molecule is CCCCCCCCCCCCCCCCCCCCCC[C@H](C(=O)OC)[C@H](O)CCCCCCCCCCCCCCCC[C@H]1C[C@@H]1CCCCCCCCCCCCCCC[C@H]1C[C@@H]1CCCCCCCCCCCCCCCCCC. The first-order valence-electron chi connectivity index (χ1n) is 40.4. The zero-order valence-electron chi connectivity index (χ0n) is 58.4. The lowest BCUT2D eigenvalue weighted by atomic mass is 9.91. The lowest BCUT2D eigenvalue weighted by Crippen LogP contribution is -2.29. The molecule has 0 unspecified atom stereocenters. The van der Waals surface area contributed by atoms with Gasteiger partial charge >= 0.3 is 5.97 Å². The summed E-state index contributed by atoms with van der Waals surface area (Å²) >= 11 is 0. The fourth-order valence-electron chi connectivity index (χ4n) is 15.1. The van der Waals surface area contributed by atoms with Crippen molar-refractivity contribution in [1.82, 2.24) is 0 Å². The summed E-state index contributed by atoms with van der Waals surface area (Å²) in [6, 6.07) is 0. The first-order valence-corrected chi connectivity index (χ1v) is 40.4. The Kier molecular flexibility index (Phi) is 60.6. The van der Waals surface area contributed by atoms with Gasteiger partial charge in [0.05, 0.1) is 19.1 Å². The molecule has 0 saturated heterocycles. The minimum absolute atomic E-state index is 0.209. The van der Waals surface area contributed by atoms with Crippen LogP contribution in [0.3, 0.4) is 0 Å². The Morgan fingerprint density at radius 2 is 0.440 bits per heavy atom. The van der Waals surface area contributed by atoms with E-state index in [2.05, 4.69) is 13.8 Å². The highest BCUT2D eigenvalue weighted by Gasteiger charge is 2.36. The minimum atomic E-state index is -0.550. The van der Waals surface area contributed by atoms with Gasteiger partial charge < -0.3 is 9.84 Å². The predicted octanol–water partition coefficient (Wildman–Crippen LogP) is 28.4. The number of unbranched alkanes of at least 4 members (excludes halogenated alkanes) is 59. The van der Waals surface area contributed by atoms with Gasteiger partial charge in [-0.05, 0) is 49.4 Å². The van der Waals surface area contributed by atoms with Crippen molar-refractivity contribution in [3.05, 3.63) is 0 Å². The first kappa shape index (κ1) is 79.5.